The molecule has 0 atom stereocenters. The molecular formula is C16H16BrN5O2. The molecule has 0 aromatic carbocycles. The maximum absolute atomic E-state index is 11.0. The fourth-order valence-corrected chi connectivity index (χ4v) is 3.52. The van der Waals surface area contributed by atoms with Crippen molar-refractivity contribution in [2.24, 2.45) is 0 Å². The molecule has 3 aromatic rings. The van der Waals surface area contributed by atoms with Crippen LogP contribution in [0.1, 0.15) is 18.9 Å². The highest BCUT2D eigenvalue weighted by Crippen LogP contribution is 2.26. The van der Waals surface area contributed by atoms with Gasteiger partial charge in [-0.2, -0.15) is 5.10 Å². The number of imidazole rings is 1. The van der Waals surface area contributed by atoms with Crippen LogP contribution in [0.3, 0.4) is 0 Å². The molecule has 0 radical (unpaired) electrons. The molecule has 4 heterocycles. The number of piperidine rings is 1. The van der Waals surface area contributed by atoms with E-state index < -0.39 is 6.09 Å². The Labute approximate surface area is 146 Å². The molecule has 1 aliphatic rings. The minimum Gasteiger partial charge on any atom is -0.465 e. The summed E-state index contributed by atoms with van der Waals surface area (Å²) >= 11 is 3.49. The van der Waals surface area contributed by atoms with E-state index in [-0.39, 0.29) is 6.04 Å². The third kappa shape index (κ3) is 2.66. The van der Waals surface area contributed by atoms with Crippen LogP contribution in [0.2, 0.25) is 0 Å². The van der Waals surface area contributed by atoms with Gasteiger partial charge in [0.05, 0.1) is 18.4 Å². The molecule has 0 spiro atoms. The summed E-state index contributed by atoms with van der Waals surface area (Å²) in [6, 6.07) is 4.25. The van der Waals surface area contributed by atoms with Gasteiger partial charge in [-0.25, -0.2) is 9.78 Å². The zero-order valence-corrected chi connectivity index (χ0v) is 14.4. The number of carbonyl (C=O) groups is 1. The van der Waals surface area contributed by atoms with Crippen molar-refractivity contribution in [2.75, 3.05) is 13.1 Å². The first-order valence-electron chi connectivity index (χ1n) is 7.77. The van der Waals surface area contributed by atoms with Gasteiger partial charge in [0.1, 0.15) is 10.3 Å². The largest absolute Gasteiger partial charge is 0.465 e. The Morgan fingerprint density at radius 1 is 1.17 bits per heavy atom. The Balaban J connectivity index is 1.56. The van der Waals surface area contributed by atoms with E-state index in [9.17, 15) is 4.79 Å². The molecule has 124 valence electrons. The van der Waals surface area contributed by atoms with Gasteiger partial charge in [0.2, 0.25) is 0 Å². The molecule has 1 saturated heterocycles. The van der Waals surface area contributed by atoms with Gasteiger partial charge in [-0.05, 0) is 40.9 Å². The molecule has 3 aromatic heterocycles. The number of amides is 1. The Kier molecular flexibility index (Phi) is 3.76. The maximum atomic E-state index is 11.0. The number of carboxylic acid groups (broad SMARTS) is 1. The minimum atomic E-state index is -0.839. The monoisotopic (exact) mass is 389 g/mol. The third-order valence-electron chi connectivity index (χ3n) is 4.50. The predicted molar refractivity (Wildman–Crippen MR) is 92.0 cm³/mol. The van der Waals surface area contributed by atoms with E-state index in [1.54, 1.807) is 6.20 Å². The molecule has 0 aliphatic carbocycles. The van der Waals surface area contributed by atoms with Gasteiger partial charge in [-0.3, -0.25) is 9.08 Å². The van der Waals surface area contributed by atoms with Gasteiger partial charge in [0, 0.05) is 36.6 Å². The Morgan fingerprint density at radius 3 is 2.71 bits per heavy atom. The van der Waals surface area contributed by atoms with Gasteiger partial charge in [0.15, 0.2) is 0 Å². The second kappa shape index (κ2) is 5.94. The first-order chi connectivity index (χ1) is 11.6. The molecular weight excluding hydrogens is 374 g/mol. The molecule has 0 saturated carbocycles. The van der Waals surface area contributed by atoms with Crippen LogP contribution in [0, 0.1) is 0 Å². The van der Waals surface area contributed by atoms with Crippen LogP contribution in [0.5, 0.6) is 0 Å². The topological polar surface area (TPSA) is 75.7 Å². The van der Waals surface area contributed by atoms with Crippen molar-refractivity contribution in [3.05, 3.63) is 41.5 Å². The highest BCUT2D eigenvalue weighted by atomic mass is 79.9. The summed E-state index contributed by atoms with van der Waals surface area (Å²) in [5.41, 5.74) is 2.99. The molecule has 1 aliphatic heterocycles. The Morgan fingerprint density at radius 2 is 1.96 bits per heavy atom. The number of hydrogen-bond acceptors (Lipinski definition) is 3. The van der Waals surface area contributed by atoms with E-state index in [4.69, 9.17) is 5.11 Å². The first kappa shape index (κ1) is 15.2. The molecule has 8 heteroatoms. The molecule has 24 heavy (non-hydrogen) atoms. The molecule has 1 fully saturated rings. The number of fused-ring (bicyclic) bond motifs is 1. The summed E-state index contributed by atoms with van der Waals surface area (Å²) in [6.45, 7) is 1.12. The van der Waals surface area contributed by atoms with E-state index in [1.165, 1.54) is 4.90 Å². The van der Waals surface area contributed by atoms with Crippen LogP contribution >= 0.6 is 15.9 Å². The maximum Gasteiger partial charge on any atom is 0.407 e. The van der Waals surface area contributed by atoms with E-state index in [0.29, 0.717) is 13.1 Å². The van der Waals surface area contributed by atoms with Crippen molar-refractivity contribution in [1.29, 1.82) is 0 Å². The number of aromatic nitrogens is 4. The molecule has 0 unspecified atom stereocenters. The fraction of sp³-hybridized carbons (Fsp3) is 0.312. The number of rotatable bonds is 2. The van der Waals surface area contributed by atoms with Crippen LogP contribution in [-0.4, -0.2) is 48.4 Å². The van der Waals surface area contributed by atoms with Gasteiger partial charge in [0.25, 0.3) is 0 Å². The standard InChI is InChI=1S/C16H16BrN5O2/c17-14-8-18-15-2-1-11(9-21(14)15)12-7-19-22(10-12)13-3-5-20(6-4-13)16(23)24/h1-2,7-10,13H,3-6H2,(H,23,24). The number of hydrogen-bond donors (Lipinski definition) is 1. The van der Waals surface area contributed by atoms with Gasteiger partial charge >= 0.3 is 6.09 Å². The number of likely N-dealkylation sites (tertiary alicyclic amines) is 1. The smallest absolute Gasteiger partial charge is 0.407 e. The summed E-state index contributed by atoms with van der Waals surface area (Å²) in [4.78, 5) is 16.8. The summed E-state index contributed by atoms with van der Waals surface area (Å²) in [6.07, 6.45) is 8.44. The zero-order valence-electron chi connectivity index (χ0n) is 12.8. The molecule has 0 bridgehead atoms. The van der Waals surface area contributed by atoms with Crippen molar-refractivity contribution in [3.8, 4) is 11.1 Å². The fourth-order valence-electron chi connectivity index (χ4n) is 3.13. The molecule has 7 nitrogen and oxygen atoms in total. The van der Waals surface area contributed by atoms with Gasteiger partial charge < -0.3 is 10.0 Å². The second-order valence-corrected chi connectivity index (χ2v) is 6.75. The number of pyridine rings is 1. The normalized spacial score (nSPS) is 16.0. The summed E-state index contributed by atoms with van der Waals surface area (Å²) in [7, 11) is 0. The first-order valence-corrected chi connectivity index (χ1v) is 8.56. The van der Waals surface area contributed by atoms with Gasteiger partial charge in [-0.1, -0.05) is 0 Å². The van der Waals surface area contributed by atoms with Crippen molar-refractivity contribution < 1.29 is 9.90 Å². The predicted octanol–water partition coefficient (Wildman–Crippen LogP) is 3.28. The lowest BCUT2D eigenvalue weighted by atomic mass is 10.1. The molecule has 1 amide bonds. The van der Waals surface area contributed by atoms with E-state index in [0.717, 1.165) is 34.2 Å². The highest BCUT2D eigenvalue weighted by molar-refractivity contribution is 9.10. The van der Waals surface area contributed by atoms with E-state index >= 15 is 0 Å². The van der Waals surface area contributed by atoms with Crippen LogP contribution in [0.25, 0.3) is 16.8 Å². The lowest BCUT2D eigenvalue weighted by Crippen LogP contribution is -2.38. The average Bonchev–Trinajstić information content (AvgIpc) is 3.22. The average molecular weight is 390 g/mol. The highest BCUT2D eigenvalue weighted by Gasteiger charge is 2.24. The lowest BCUT2D eigenvalue weighted by molar-refractivity contribution is 0.124. The Hall–Kier alpha value is -2.35. The van der Waals surface area contributed by atoms with Crippen molar-refractivity contribution in [3.63, 3.8) is 0 Å². The molecule has 4 rings (SSSR count). The van der Waals surface area contributed by atoms with Crippen molar-refractivity contribution in [1.82, 2.24) is 24.1 Å². The van der Waals surface area contributed by atoms with Crippen molar-refractivity contribution in [2.45, 2.75) is 18.9 Å². The molecule has 1 N–H and O–H groups in total. The van der Waals surface area contributed by atoms with Crippen LogP contribution in [-0.2, 0) is 0 Å². The summed E-state index contributed by atoms with van der Waals surface area (Å²) in [5.74, 6) is 0. The third-order valence-corrected chi connectivity index (χ3v) is 5.09. The minimum absolute atomic E-state index is 0.248. The van der Waals surface area contributed by atoms with E-state index in [1.807, 2.05) is 39.8 Å². The van der Waals surface area contributed by atoms with E-state index in [2.05, 4.69) is 26.0 Å². The quantitative estimate of drug-likeness (QED) is 0.729. The zero-order chi connectivity index (χ0) is 16.7. The van der Waals surface area contributed by atoms with Gasteiger partial charge in [-0.15, -0.1) is 0 Å². The Bertz CT molecular complexity index is 895. The lowest BCUT2D eigenvalue weighted by Gasteiger charge is -2.30. The van der Waals surface area contributed by atoms with Crippen LogP contribution in [0.4, 0.5) is 4.79 Å². The number of halogens is 1. The summed E-state index contributed by atoms with van der Waals surface area (Å²) < 4.78 is 4.85. The SMILES string of the molecule is O=C(O)N1CCC(n2cc(-c3ccc4ncc(Br)n4c3)cn2)CC1. The van der Waals surface area contributed by atoms with Crippen LogP contribution in [0.15, 0.2) is 41.5 Å². The number of nitrogens with zero attached hydrogens (tertiary/aromatic N) is 5. The summed E-state index contributed by atoms with van der Waals surface area (Å²) in [5, 5.41) is 13.5. The second-order valence-electron chi connectivity index (χ2n) is 5.94. The van der Waals surface area contributed by atoms with Crippen LogP contribution < -0.4 is 0 Å². The van der Waals surface area contributed by atoms with Crippen molar-refractivity contribution >= 4 is 27.7 Å².